The summed E-state index contributed by atoms with van der Waals surface area (Å²) in [6.07, 6.45) is 2.39. The van der Waals surface area contributed by atoms with Crippen LogP contribution in [-0.2, 0) is 4.79 Å². The van der Waals surface area contributed by atoms with Crippen molar-refractivity contribution < 1.29 is 28.8 Å². The minimum absolute atomic E-state index is 0. The Balaban J connectivity index is 0.000000500. The summed E-state index contributed by atoms with van der Waals surface area (Å²) in [4.78, 5) is 10.1. The van der Waals surface area contributed by atoms with Gasteiger partial charge in [0.1, 0.15) is 0 Å². The molecule has 0 bridgehead atoms. The second kappa shape index (κ2) is 2.58. The van der Waals surface area contributed by atoms with E-state index in [0.717, 1.165) is 0 Å². The number of carboxylic acid groups (broad SMARTS) is 1. The molecule has 0 aromatic carbocycles. The molecule has 10 heavy (non-hydrogen) atoms. The normalized spacial score (nSPS) is 36.4. The summed E-state index contributed by atoms with van der Waals surface area (Å²) in [5.74, 6) is -0.292. The van der Waals surface area contributed by atoms with Crippen LogP contribution in [0.25, 0.3) is 0 Å². The fourth-order valence-electron chi connectivity index (χ4n) is 1.23. The van der Waals surface area contributed by atoms with Gasteiger partial charge < -0.3 is 15.2 Å². The Kier molecular flexibility index (Phi) is 2.09. The molecule has 2 rings (SSSR count). The maximum atomic E-state index is 10.1. The van der Waals surface area contributed by atoms with Gasteiger partial charge in [0.2, 0.25) is 0 Å². The van der Waals surface area contributed by atoms with E-state index in [-0.39, 0.29) is 30.9 Å². The van der Waals surface area contributed by atoms with Crippen LogP contribution in [0.4, 0.5) is 0 Å². The molecule has 1 saturated heterocycles. The van der Waals surface area contributed by atoms with Crippen LogP contribution in [0.2, 0.25) is 0 Å². The zero-order chi connectivity index (χ0) is 6.43. The molecule has 0 unspecified atom stereocenters. The van der Waals surface area contributed by atoms with Crippen molar-refractivity contribution in [3.8, 4) is 0 Å². The van der Waals surface area contributed by atoms with Crippen molar-refractivity contribution in [3.63, 3.8) is 0 Å². The third-order valence-electron chi connectivity index (χ3n) is 2.01. The van der Waals surface area contributed by atoms with Crippen molar-refractivity contribution in [1.82, 2.24) is 5.32 Å². The van der Waals surface area contributed by atoms with E-state index < -0.39 is 5.97 Å². The second-order valence-corrected chi connectivity index (χ2v) is 2.83. The van der Waals surface area contributed by atoms with Crippen molar-refractivity contribution in [2.75, 3.05) is 0 Å². The van der Waals surface area contributed by atoms with Gasteiger partial charge in [-0.2, -0.15) is 0 Å². The van der Waals surface area contributed by atoms with Crippen molar-refractivity contribution >= 4 is 5.97 Å². The average molecular weight is 133 g/mol. The number of carboxylic acids is 1. The Labute approximate surface area is 71.4 Å². The van der Waals surface area contributed by atoms with Gasteiger partial charge in [0.15, 0.2) is 0 Å². The summed E-state index contributed by atoms with van der Waals surface area (Å²) in [6.45, 7) is 0. The second-order valence-electron chi connectivity index (χ2n) is 2.83. The summed E-state index contributed by atoms with van der Waals surface area (Å²) >= 11 is 0. The Morgan fingerprint density at radius 2 is 2.10 bits per heavy atom. The Morgan fingerprint density at radius 1 is 1.50 bits per heavy atom. The third kappa shape index (κ3) is 1.37. The predicted molar refractivity (Wildman–Crippen MR) is 28.4 cm³/mol. The first-order valence-electron chi connectivity index (χ1n) is 3.26. The number of rotatable bonds is 2. The molecule has 4 heteroatoms. The molecule has 1 saturated carbocycles. The van der Waals surface area contributed by atoms with Gasteiger partial charge in [-0.25, -0.2) is 0 Å². The number of carbonyl (C=O) groups excluding carboxylic acids is 1. The molecule has 1 aliphatic heterocycles. The summed E-state index contributed by atoms with van der Waals surface area (Å²) < 4.78 is 0. The molecule has 50 valence electrons. The number of hydrogen-bond acceptors (Lipinski definition) is 3. The molecular weight excluding hydrogens is 125 g/mol. The first-order valence-corrected chi connectivity index (χ1v) is 3.26. The standard InChI is InChI=1S/C6H9NO2.Li/c8-6(9)5-4(7-5)3-1-2-3;/h3-5,7H,1-2H2,(H,8,9);/q;+1/p-1/t4-,5+;/m1./s1. The molecule has 1 N–H and O–H groups in total. The van der Waals surface area contributed by atoms with Gasteiger partial charge in [0.25, 0.3) is 0 Å². The van der Waals surface area contributed by atoms with Gasteiger partial charge in [0.05, 0.1) is 12.0 Å². The molecule has 1 aliphatic carbocycles. The average Bonchev–Trinajstić information content (AvgIpc) is 2.60. The van der Waals surface area contributed by atoms with E-state index in [0.29, 0.717) is 5.92 Å². The van der Waals surface area contributed by atoms with Crippen molar-refractivity contribution in [3.05, 3.63) is 0 Å². The van der Waals surface area contributed by atoms with E-state index in [1.807, 2.05) is 0 Å². The van der Waals surface area contributed by atoms with Crippen LogP contribution in [-0.4, -0.2) is 18.1 Å². The maximum Gasteiger partial charge on any atom is 1.00 e. The smallest absolute Gasteiger partial charge is 0.548 e. The number of aliphatic carboxylic acids is 1. The van der Waals surface area contributed by atoms with Crippen LogP contribution < -0.4 is 29.3 Å². The van der Waals surface area contributed by atoms with E-state index in [9.17, 15) is 9.90 Å². The maximum absolute atomic E-state index is 10.1. The largest absolute Gasteiger partial charge is 1.00 e. The summed E-state index contributed by atoms with van der Waals surface area (Å²) in [5, 5.41) is 13.0. The van der Waals surface area contributed by atoms with Crippen LogP contribution in [0.3, 0.4) is 0 Å². The van der Waals surface area contributed by atoms with Crippen LogP contribution in [0, 0.1) is 5.92 Å². The van der Waals surface area contributed by atoms with Gasteiger partial charge >= 0.3 is 18.9 Å². The minimum Gasteiger partial charge on any atom is -0.548 e. The Bertz CT molecular complexity index is 158. The van der Waals surface area contributed by atoms with Crippen molar-refractivity contribution in [2.45, 2.75) is 24.9 Å². The Morgan fingerprint density at radius 3 is 2.40 bits per heavy atom. The minimum atomic E-state index is -0.938. The number of hydrogen-bond donors (Lipinski definition) is 1. The topological polar surface area (TPSA) is 62.1 Å². The van der Waals surface area contributed by atoms with Crippen molar-refractivity contribution in [1.29, 1.82) is 0 Å². The third-order valence-corrected chi connectivity index (χ3v) is 2.01. The molecule has 2 aliphatic rings. The van der Waals surface area contributed by atoms with Crippen molar-refractivity contribution in [2.24, 2.45) is 5.92 Å². The Hall–Kier alpha value is 0.0274. The molecular formula is C6H8LiNO2. The zero-order valence-corrected chi connectivity index (χ0v) is 5.96. The molecule has 2 atom stereocenters. The monoisotopic (exact) mass is 133 g/mol. The van der Waals surface area contributed by atoms with Crippen LogP contribution >= 0.6 is 0 Å². The number of carbonyl (C=O) groups is 1. The fraction of sp³-hybridized carbons (Fsp3) is 0.833. The van der Waals surface area contributed by atoms with E-state index >= 15 is 0 Å². The summed E-state index contributed by atoms with van der Waals surface area (Å²) in [5.41, 5.74) is 0. The van der Waals surface area contributed by atoms with Crippen LogP contribution in [0.5, 0.6) is 0 Å². The SMILES string of the molecule is O=C([O-])[C@H]1N[C@@H]1C1CC1.[Li+]. The van der Waals surface area contributed by atoms with Crippen LogP contribution in [0.15, 0.2) is 0 Å². The zero-order valence-electron chi connectivity index (χ0n) is 5.96. The summed E-state index contributed by atoms with van der Waals surface area (Å²) in [6, 6.07) is -0.0625. The summed E-state index contributed by atoms with van der Waals surface area (Å²) in [7, 11) is 0. The first kappa shape index (κ1) is 8.13. The quantitative estimate of drug-likeness (QED) is 0.305. The molecule has 0 aromatic rings. The van der Waals surface area contributed by atoms with Gasteiger partial charge in [-0.15, -0.1) is 0 Å². The molecule has 0 radical (unpaired) electrons. The van der Waals surface area contributed by atoms with E-state index in [1.165, 1.54) is 12.8 Å². The van der Waals surface area contributed by atoms with E-state index in [4.69, 9.17) is 0 Å². The molecule has 0 amide bonds. The van der Waals surface area contributed by atoms with Gasteiger partial charge in [-0.3, -0.25) is 0 Å². The molecule has 2 fully saturated rings. The van der Waals surface area contributed by atoms with E-state index in [1.54, 1.807) is 0 Å². The van der Waals surface area contributed by atoms with Gasteiger partial charge in [-0.05, 0) is 18.8 Å². The predicted octanol–water partition coefficient (Wildman–Crippen LogP) is -4.51. The fourth-order valence-corrected chi connectivity index (χ4v) is 1.23. The van der Waals surface area contributed by atoms with E-state index in [2.05, 4.69) is 5.32 Å². The molecule has 1 heterocycles. The first-order chi connectivity index (χ1) is 4.29. The van der Waals surface area contributed by atoms with Crippen LogP contribution in [0.1, 0.15) is 12.8 Å². The molecule has 0 spiro atoms. The number of nitrogens with one attached hydrogen (secondary N) is 1. The molecule has 0 aromatic heterocycles. The van der Waals surface area contributed by atoms with Gasteiger partial charge in [-0.1, -0.05) is 0 Å². The van der Waals surface area contributed by atoms with Gasteiger partial charge in [0, 0.05) is 6.04 Å². The molecule has 3 nitrogen and oxygen atoms in total.